The molecule has 3 aromatic rings. The van der Waals surface area contributed by atoms with Gasteiger partial charge in [0.1, 0.15) is 0 Å². The summed E-state index contributed by atoms with van der Waals surface area (Å²) in [6, 6.07) is 14.5. The van der Waals surface area contributed by atoms with Gasteiger partial charge in [-0.3, -0.25) is 9.48 Å². The molecule has 0 aliphatic carbocycles. The quantitative estimate of drug-likeness (QED) is 0.592. The van der Waals surface area contributed by atoms with Gasteiger partial charge in [0.25, 0.3) is 5.91 Å². The van der Waals surface area contributed by atoms with E-state index < -0.39 is 9.84 Å². The molecule has 0 spiro atoms. The van der Waals surface area contributed by atoms with Crippen LogP contribution in [0.5, 0.6) is 0 Å². The molecular formula is C22H21ClN4O3S. The van der Waals surface area contributed by atoms with Crippen molar-refractivity contribution in [3.05, 3.63) is 64.8 Å². The first-order valence-electron chi connectivity index (χ1n) is 10.0. The normalized spacial score (nSPS) is 17.2. The third-order valence-electron chi connectivity index (χ3n) is 5.92. The molecule has 1 fully saturated rings. The van der Waals surface area contributed by atoms with Crippen LogP contribution in [0.25, 0.3) is 11.3 Å². The SMILES string of the molecule is Cn1nc(C(=O)N2CCN(c3ccc(Cl)cc3)CC2)c2c1-c1ccccc1S(=O)(=O)C2. The van der Waals surface area contributed by atoms with Gasteiger partial charge in [-0.2, -0.15) is 5.10 Å². The maximum absolute atomic E-state index is 13.3. The summed E-state index contributed by atoms with van der Waals surface area (Å²) in [5, 5.41) is 5.14. The number of benzene rings is 2. The molecule has 9 heteroatoms. The molecule has 1 amide bonds. The molecule has 2 aliphatic heterocycles. The molecule has 0 saturated carbocycles. The van der Waals surface area contributed by atoms with E-state index in [1.54, 1.807) is 40.9 Å². The van der Waals surface area contributed by atoms with Crippen LogP contribution in [0.15, 0.2) is 53.4 Å². The Labute approximate surface area is 185 Å². The van der Waals surface area contributed by atoms with Gasteiger partial charge in [0.15, 0.2) is 15.5 Å². The second kappa shape index (κ2) is 7.39. The van der Waals surface area contributed by atoms with E-state index in [0.717, 1.165) is 5.69 Å². The maximum atomic E-state index is 13.3. The Kier molecular flexibility index (Phi) is 4.79. The minimum atomic E-state index is -3.52. The van der Waals surface area contributed by atoms with Crippen molar-refractivity contribution in [3.8, 4) is 11.3 Å². The van der Waals surface area contributed by atoms with E-state index in [9.17, 15) is 13.2 Å². The average Bonchev–Trinajstić information content (AvgIpc) is 3.09. The third kappa shape index (κ3) is 3.40. The Morgan fingerprint density at radius 2 is 1.68 bits per heavy atom. The molecule has 1 aromatic heterocycles. The Morgan fingerprint density at radius 3 is 2.39 bits per heavy atom. The van der Waals surface area contributed by atoms with E-state index in [1.807, 2.05) is 24.3 Å². The highest BCUT2D eigenvalue weighted by Gasteiger charge is 2.36. The first kappa shape index (κ1) is 20.1. The number of aryl methyl sites for hydroxylation is 1. The molecule has 1 saturated heterocycles. The predicted octanol–water partition coefficient (Wildman–Crippen LogP) is 2.99. The molecular weight excluding hydrogens is 436 g/mol. The van der Waals surface area contributed by atoms with Crippen LogP contribution in [0.3, 0.4) is 0 Å². The lowest BCUT2D eigenvalue weighted by Crippen LogP contribution is -2.49. The van der Waals surface area contributed by atoms with E-state index in [-0.39, 0.29) is 17.4 Å². The number of piperazine rings is 1. The zero-order valence-electron chi connectivity index (χ0n) is 17.0. The van der Waals surface area contributed by atoms with Crippen LogP contribution in [0.2, 0.25) is 5.02 Å². The summed E-state index contributed by atoms with van der Waals surface area (Å²) in [6.45, 7) is 2.44. The van der Waals surface area contributed by atoms with Crippen LogP contribution < -0.4 is 4.90 Å². The predicted molar refractivity (Wildman–Crippen MR) is 119 cm³/mol. The summed E-state index contributed by atoms with van der Waals surface area (Å²) >= 11 is 5.97. The summed E-state index contributed by atoms with van der Waals surface area (Å²) in [5.41, 5.74) is 3.09. The number of carbonyl (C=O) groups is 1. The number of carbonyl (C=O) groups excluding carboxylic acids is 1. The minimum Gasteiger partial charge on any atom is -0.368 e. The van der Waals surface area contributed by atoms with Crippen molar-refractivity contribution in [3.63, 3.8) is 0 Å². The standard InChI is InChI=1S/C22H21ClN4O3S/c1-25-21-17-4-2-3-5-19(17)31(29,30)14-18(21)20(24-25)22(28)27-12-10-26(11-13-27)16-8-6-15(23)7-9-16/h2-9H,10-14H2,1H3. The van der Waals surface area contributed by atoms with Crippen molar-refractivity contribution >= 4 is 33.0 Å². The van der Waals surface area contributed by atoms with Gasteiger partial charge in [-0.05, 0) is 30.3 Å². The van der Waals surface area contributed by atoms with Crippen molar-refractivity contribution in [2.24, 2.45) is 7.05 Å². The second-order valence-electron chi connectivity index (χ2n) is 7.81. The average molecular weight is 457 g/mol. The number of nitrogens with zero attached hydrogens (tertiary/aromatic N) is 4. The topological polar surface area (TPSA) is 75.5 Å². The lowest BCUT2D eigenvalue weighted by Gasteiger charge is -2.36. The summed E-state index contributed by atoms with van der Waals surface area (Å²) in [4.78, 5) is 17.6. The first-order valence-corrected chi connectivity index (χ1v) is 12.1. The number of sulfone groups is 1. The van der Waals surface area contributed by atoms with Gasteiger partial charge >= 0.3 is 0 Å². The molecule has 31 heavy (non-hydrogen) atoms. The van der Waals surface area contributed by atoms with Gasteiger partial charge < -0.3 is 9.80 Å². The van der Waals surface area contributed by atoms with Gasteiger partial charge in [-0.15, -0.1) is 0 Å². The highest BCUT2D eigenvalue weighted by atomic mass is 35.5. The van der Waals surface area contributed by atoms with Crippen LogP contribution in [-0.2, 0) is 22.6 Å². The van der Waals surface area contributed by atoms with Gasteiger partial charge in [0, 0.05) is 55.1 Å². The largest absolute Gasteiger partial charge is 0.368 e. The number of fused-ring (bicyclic) bond motifs is 3. The molecule has 0 unspecified atom stereocenters. The van der Waals surface area contributed by atoms with Gasteiger partial charge in [0.05, 0.1) is 16.3 Å². The fraction of sp³-hybridized carbons (Fsp3) is 0.273. The van der Waals surface area contributed by atoms with Crippen LogP contribution in [0.1, 0.15) is 16.1 Å². The number of anilines is 1. The van der Waals surface area contributed by atoms with Crippen LogP contribution in [0, 0.1) is 0 Å². The van der Waals surface area contributed by atoms with Gasteiger partial charge in [-0.25, -0.2) is 8.42 Å². The molecule has 5 rings (SSSR count). The highest BCUT2D eigenvalue weighted by molar-refractivity contribution is 7.90. The molecule has 7 nitrogen and oxygen atoms in total. The third-order valence-corrected chi connectivity index (χ3v) is 7.86. The van der Waals surface area contributed by atoms with Crippen LogP contribution >= 0.6 is 11.6 Å². The number of halogens is 1. The highest BCUT2D eigenvalue weighted by Crippen LogP contribution is 2.39. The smallest absolute Gasteiger partial charge is 0.274 e. The van der Waals surface area contributed by atoms with Crippen molar-refractivity contribution < 1.29 is 13.2 Å². The molecule has 0 atom stereocenters. The number of amides is 1. The van der Waals surface area contributed by atoms with E-state index in [1.165, 1.54) is 0 Å². The van der Waals surface area contributed by atoms with Crippen molar-refractivity contribution in [2.75, 3.05) is 31.1 Å². The van der Waals surface area contributed by atoms with Crippen molar-refractivity contribution in [1.82, 2.24) is 14.7 Å². The summed E-state index contributed by atoms with van der Waals surface area (Å²) in [5.74, 6) is -0.430. The van der Waals surface area contributed by atoms with Crippen molar-refractivity contribution in [2.45, 2.75) is 10.6 Å². The number of aromatic nitrogens is 2. The zero-order chi connectivity index (χ0) is 21.8. The van der Waals surface area contributed by atoms with Crippen LogP contribution in [-0.4, -0.2) is 55.2 Å². The fourth-order valence-corrected chi connectivity index (χ4v) is 6.10. The summed E-state index contributed by atoms with van der Waals surface area (Å²) < 4.78 is 27.3. The van der Waals surface area contributed by atoms with Gasteiger partial charge in [0.2, 0.25) is 0 Å². The molecule has 160 valence electrons. The molecule has 2 aromatic carbocycles. The Bertz CT molecular complexity index is 1280. The van der Waals surface area contributed by atoms with E-state index in [2.05, 4.69) is 10.00 Å². The van der Waals surface area contributed by atoms with Crippen LogP contribution in [0.4, 0.5) is 5.69 Å². The second-order valence-corrected chi connectivity index (χ2v) is 10.2. The Morgan fingerprint density at radius 1 is 1.00 bits per heavy atom. The fourth-order valence-electron chi connectivity index (χ4n) is 4.38. The molecule has 0 N–H and O–H groups in total. The summed E-state index contributed by atoms with van der Waals surface area (Å²) in [7, 11) is -1.77. The zero-order valence-corrected chi connectivity index (χ0v) is 18.5. The van der Waals surface area contributed by atoms with E-state index >= 15 is 0 Å². The van der Waals surface area contributed by atoms with E-state index in [0.29, 0.717) is 52.9 Å². The molecule has 3 heterocycles. The maximum Gasteiger partial charge on any atom is 0.274 e. The lowest BCUT2D eigenvalue weighted by molar-refractivity contribution is 0.0739. The van der Waals surface area contributed by atoms with E-state index in [4.69, 9.17) is 11.6 Å². The first-order chi connectivity index (χ1) is 14.8. The molecule has 2 aliphatic rings. The molecule has 0 bridgehead atoms. The molecule has 0 radical (unpaired) electrons. The van der Waals surface area contributed by atoms with Gasteiger partial charge in [-0.1, -0.05) is 29.8 Å². The minimum absolute atomic E-state index is 0.209. The van der Waals surface area contributed by atoms with Crippen molar-refractivity contribution in [1.29, 1.82) is 0 Å². The lowest BCUT2D eigenvalue weighted by atomic mass is 10.1. The number of hydrogen-bond donors (Lipinski definition) is 0. The Balaban J connectivity index is 1.42. The summed E-state index contributed by atoms with van der Waals surface area (Å²) in [6.07, 6.45) is 0. The number of rotatable bonds is 2. The number of hydrogen-bond acceptors (Lipinski definition) is 5. The monoisotopic (exact) mass is 456 g/mol. The Hall–Kier alpha value is -2.84.